The van der Waals surface area contributed by atoms with Crippen molar-refractivity contribution in [1.82, 2.24) is 10.2 Å². The van der Waals surface area contributed by atoms with E-state index in [4.69, 9.17) is 0 Å². The molecular weight excluding hydrogens is 286 g/mol. The fourth-order valence-corrected chi connectivity index (χ4v) is 3.62. The van der Waals surface area contributed by atoms with Gasteiger partial charge < -0.3 is 10.4 Å². The normalized spacial score (nSPS) is 17.5. The summed E-state index contributed by atoms with van der Waals surface area (Å²) in [6.45, 7) is 4.07. The molecule has 0 aliphatic carbocycles. The number of nitrogens with one attached hydrogen (secondary N) is 2. The number of carboxylic acids is 1. The van der Waals surface area contributed by atoms with Crippen molar-refractivity contribution < 1.29 is 9.90 Å². The maximum absolute atomic E-state index is 11.9. The molecule has 3 rings (SSSR count). The predicted octanol–water partition coefficient (Wildman–Crippen LogP) is 3.48. The van der Waals surface area contributed by atoms with E-state index in [9.17, 15) is 9.90 Å². The van der Waals surface area contributed by atoms with Crippen molar-refractivity contribution in [3.8, 4) is 0 Å². The van der Waals surface area contributed by atoms with Crippen LogP contribution in [0.3, 0.4) is 0 Å². The highest BCUT2D eigenvalue weighted by atomic mass is 32.1. The van der Waals surface area contributed by atoms with Crippen molar-refractivity contribution in [1.29, 1.82) is 0 Å². The summed E-state index contributed by atoms with van der Waals surface area (Å²) in [5.41, 5.74) is 3.16. The number of nitrogens with zero attached hydrogens (tertiary/aromatic N) is 1. The number of aryl methyl sites for hydroxylation is 1. The van der Waals surface area contributed by atoms with Gasteiger partial charge >= 0.3 is 5.97 Å². The number of aromatic amines is 1. The maximum Gasteiger partial charge on any atom is 0.334 e. The van der Waals surface area contributed by atoms with Crippen molar-refractivity contribution in [3.63, 3.8) is 0 Å². The first-order valence-electron chi connectivity index (χ1n) is 6.94. The number of aliphatic carboxylic acids is 1. The Morgan fingerprint density at radius 3 is 2.90 bits per heavy atom. The smallest absolute Gasteiger partial charge is 0.334 e. The van der Waals surface area contributed by atoms with E-state index < -0.39 is 5.97 Å². The van der Waals surface area contributed by atoms with Gasteiger partial charge in [-0.3, -0.25) is 5.10 Å². The third-order valence-corrected chi connectivity index (χ3v) is 4.67. The Morgan fingerprint density at radius 2 is 2.29 bits per heavy atom. The van der Waals surface area contributed by atoms with E-state index in [0.29, 0.717) is 12.0 Å². The quantitative estimate of drug-likeness (QED) is 0.808. The largest absolute Gasteiger partial charge is 0.478 e. The van der Waals surface area contributed by atoms with E-state index in [1.54, 1.807) is 17.5 Å². The zero-order chi connectivity index (χ0) is 15.0. The molecule has 5 nitrogen and oxygen atoms in total. The minimum atomic E-state index is -0.867. The van der Waals surface area contributed by atoms with Crippen molar-refractivity contribution in [2.24, 2.45) is 0 Å². The third-order valence-electron chi connectivity index (χ3n) is 3.81. The fourth-order valence-electron chi connectivity index (χ4n) is 2.88. The lowest BCUT2D eigenvalue weighted by Gasteiger charge is -2.27. The van der Waals surface area contributed by atoms with Crippen LogP contribution in [0.1, 0.15) is 41.7 Å². The van der Waals surface area contributed by atoms with Crippen molar-refractivity contribution in [2.75, 3.05) is 5.32 Å². The molecule has 0 saturated heterocycles. The first-order chi connectivity index (χ1) is 10.1. The molecule has 0 saturated carbocycles. The van der Waals surface area contributed by atoms with Gasteiger partial charge in [-0.25, -0.2) is 4.79 Å². The van der Waals surface area contributed by atoms with Gasteiger partial charge in [0.25, 0.3) is 0 Å². The molecule has 3 N–H and O–H groups in total. The molecule has 0 bridgehead atoms. The lowest BCUT2D eigenvalue weighted by atomic mass is 9.82. The molecule has 0 amide bonds. The van der Waals surface area contributed by atoms with E-state index in [2.05, 4.69) is 15.5 Å². The summed E-state index contributed by atoms with van der Waals surface area (Å²) in [4.78, 5) is 13.0. The zero-order valence-corrected chi connectivity index (χ0v) is 12.8. The number of carboxylic acid groups (broad SMARTS) is 1. The highest BCUT2D eigenvalue weighted by Crippen LogP contribution is 2.43. The van der Waals surface area contributed by atoms with Gasteiger partial charge in [-0.2, -0.15) is 5.10 Å². The molecule has 1 aliphatic heterocycles. The fraction of sp³-hybridized carbons (Fsp3) is 0.333. The Balaban J connectivity index is 2.21. The molecular formula is C15H17N3O2S. The minimum absolute atomic E-state index is 0.259. The summed E-state index contributed by atoms with van der Waals surface area (Å²) in [5.74, 6) is -0.322. The van der Waals surface area contributed by atoms with Crippen LogP contribution in [0.2, 0.25) is 0 Å². The molecule has 2 aromatic rings. The second kappa shape index (κ2) is 5.37. The second-order valence-corrected chi connectivity index (χ2v) is 6.26. The van der Waals surface area contributed by atoms with Gasteiger partial charge in [0.05, 0.1) is 11.8 Å². The molecule has 0 spiro atoms. The highest BCUT2D eigenvalue weighted by Gasteiger charge is 2.35. The van der Waals surface area contributed by atoms with E-state index >= 15 is 0 Å². The summed E-state index contributed by atoms with van der Waals surface area (Å²) in [6.07, 6.45) is 3.31. The average molecular weight is 303 g/mol. The van der Waals surface area contributed by atoms with E-state index in [1.807, 2.05) is 25.3 Å². The standard InChI is InChI=1S/C15H17N3O2S/c1-3-4-11-13(15(19)20)12(9-5-6-21-8(9)2)10-7-16-18-14(10)17-11/h5-7,12H,3-4H2,1-2H3,(H,19,20)(H2,16,17,18). The topological polar surface area (TPSA) is 78.0 Å². The number of fused-ring (bicyclic) bond motifs is 1. The van der Waals surface area contributed by atoms with E-state index in [-0.39, 0.29) is 5.92 Å². The third kappa shape index (κ3) is 2.25. The number of H-pyrrole nitrogens is 1. The first-order valence-corrected chi connectivity index (χ1v) is 7.82. The molecule has 1 aliphatic rings. The molecule has 6 heteroatoms. The zero-order valence-electron chi connectivity index (χ0n) is 11.9. The number of anilines is 1. The Morgan fingerprint density at radius 1 is 1.48 bits per heavy atom. The summed E-state index contributed by atoms with van der Waals surface area (Å²) < 4.78 is 0. The van der Waals surface area contributed by atoms with Crippen LogP contribution in [0, 0.1) is 6.92 Å². The van der Waals surface area contributed by atoms with Gasteiger partial charge in [-0.05, 0) is 30.4 Å². The monoisotopic (exact) mass is 303 g/mol. The molecule has 3 heterocycles. The number of allylic oxidation sites excluding steroid dienone is 1. The molecule has 21 heavy (non-hydrogen) atoms. The summed E-state index contributed by atoms with van der Waals surface area (Å²) in [7, 11) is 0. The van der Waals surface area contributed by atoms with Crippen LogP contribution in [0.5, 0.6) is 0 Å². The lowest BCUT2D eigenvalue weighted by molar-refractivity contribution is -0.133. The van der Waals surface area contributed by atoms with Crippen LogP contribution in [-0.2, 0) is 4.79 Å². The van der Waals surface area contributed by atoms with Gasteiger partial charge in [0, 0.05) is 22.1 Å². The number of aromatic nitrogens is 2. The number of rotatable bonds is 4. The number of carbonyl (C=O) groups is 1. The van der Waals surface area contributed by atoms with Gasteiger partial charge in [0.2, 0.25) is 0 Å². The lowest BCUT2D eigenvalue weighted by Crippen LogP contribution is -2.23. The average Bonchev–Trinajstić information content (AvgIpc) is 3.05. The Hall–Kier alpha value is -2.08. The number of thiophene rings is 1. The van der Waals surface area contributed by atoms with Gasteiger partial charge in [-0.1, -0.05) is 13.3 Å². The van der Waals surface area contributed by atoms with E-state index in [0.717, 1.165) is 33.9 Å². The molecule has 0 aromatic carbocycles. The minimum Gasteiger partial charge on any atom is -0.478 e. The van der Waals surface area contributed by atoms with Crippen LogP contribution < -0.4 is 5.32 Å². The number of hydrogen-bond donors (Lipinski definition) is 3. The van der Waals surface area contributed by atoms with Crippen LogP contribution in [0.25, 0.3) is 0 Å². The summed E-state index contributed by atoms with van der Waals surface area (Å²) >= 11 is 1.64. The van der Waals surface area contributed by atoms with E-state index in [1.165, 1.54) is 0 Å². The van der Waals surface area contributed by atoms with Crippen LogP contribution in [0.15, 0.2) is 28.9 Å². The van der Waals surface area contributed by atoms with Gasteiger partial charge in [0.1, 0.15) is 5.82 Å². The summed E-state index contributed by atoms with van der Waals surface area (Å²) in [6, 6.07) is 2.01. The first kappa shape index (κ1) is 13.9. The molecule has 2 aromatic heterocycles. The maximum atomic E-state index is 11.9. The molecule has 1 unspecified atom stereocenters. The molecule has 110 valence electrons. The number of hydrogen-bond acceptors (Lipinski definition) is 4. The van der Waals surface area contributed by atoms with Crippen LogP contribution in [-0.4, -0.2) is 21.3 Å². The summed E-state index contributed by atoms with van der Waals surface area (Å²) in [5, 5.41) is 22.0. The van der Waals surface area contributed by atoms with Crippen LogP contribution >= 0.6 is 11.3 Å². The Kier molecular flexibility index (Phi) is 3.55. The predicted molar refractivity (Wildman–Crippen MR) is 82.7 cm³/mol. The van der Waals surface area contributed by atoms with Crippen molar-refractivity contribution >= 4 is 23.1 Å². The molecule has 0 radical (unpaired) electrons. The van der Waals surface area contributed by atoms with Gasteiger partial charge in [0.15, 0.2) is 0 Å². The SMILES string of the molecule is CCCC1=C(C(=O)O)C(c2ccsc2C)c2cn[nH]c2N1. The van der Waals surface area contributed by atoms with Crippen molar-refractivity contribution in [2.45, 2.75) is 32.6 Å². The Bertz CT molecular complexity index is 714. The Labute approximate surface area is 126 Å². The van der Waals surface area contributed by atoms with Crippen molar-refractivity contribution in [3.05, 3.63) is 44.9 Å². The highest BCUT2D eigenvalue weighted by molar-refractivity contribution is 7.10. The molecule has 0 fully saturated rings. The van der Waals surface area contributed by atoms with Crippen LogP contribution in [0.4, 0.5) is 5.82 Å². The second-order valence-electron chi connectivity index (χ2n) is 5.14. The van der Waals surface area contributed by atoms with Gasteiger partial charge in [-0.15, -0.1) is 11.3 Å². The molecule has 1 atom stereocenters.